The van der Waals surface area contributed by atoms with Crippen molar-refractivity contribution in [2.45, 2.75) is 65.4 Å². The van der Waals surface area contributed by atoms with E-state index in [1.54, 1.807) is 0 Å². The zero-order valence-corrected chi connectivity index (χ0v) is 12.4. The first-order valence-corrected chi connectivity index (χ1v) is 6.93. The minimum atomic E-state index is -0.204. The Balaban J connectivity index is 2.58. The van der Waals surface area contributed by atoms with Crippen LogP contribution in [0.4, 0.5) is 0 Å². The van der Waals surface area contributed by atoms with Crippen molar-refractivity contribution in [3.63, 3.8) is 0 Å². The number of aryl methyl sites for hydroxylation is 1. The van der Waals surface area contributed by atoms with Crippen LogP contribution in [-0.2, 0) is 11.8 Å². The van der Waals surface area contributed by atoms with Crippen molar-refractivity contribution in [3.8, 4) is 0 Å². The van der Waals surface area contributed by atoms with Gasteiger partial charge in [0.15, 0.2) is 0 Å². The largest absolute Gasteiger partial charge is 0.393 e. The summed E-state index contributed by atoms with van der Waals surface area (Å²) in [5.41, 5.74) is 2.30. The van der Waals surface area contributed by atoms with Crippen LogP contribution in [0.5, 0.6) is 0 Å². The van der Waals surface area contributed by atoms with Gasteiger partial charge in [0.05, 0.1) is 6.10 Å². The van der Waals surface area contributed by atoms with Crippen LogP contribution < -0.4 is 0 Å². The van der Waals surface area contributed by atoms with Crippen molar-refractivity contribution < 1.29 is 5.11 Å². The maximum Gasteiger partial charge on any atom is 0.0546 e. The van der Waals surface area contributed by atoms with Gasteiger partial charge in [-0.2, -0.15) is 0 Å². The van der Waals surface area contributed by atoms with Gasteiger partial charge in [0, 0.05) is 16.8 Å². The molecule has 0 bridgehead atoms. The highest BCUT2D eigenvalue weighted by Crippen LogP contribution is 2.20. The number of aliphatic hydroxyl groups excluding tert-OH is 1. The van der Waals surface area contributed by atoms with Crippen LogP contribution in [0.25, 0.3) is 0 Å². The molecule has 0 aliphatic heterocycles. The van der Waals surface area contributed by atoms with Gasteiger partial charge in [0.25, 0.3) is 0 Å². The molecular formula is C16H27NO. The Morgan fingerprint density at radius 1 is 1.22 bits per heavy atom. The van der Waals surface area contributed by atoms with Crippen LogP contribution in [0.3, 0.4) is 0 Å². The summed E-state index contributed by atoms with van der Waals surface area (Å²) in [6, 6.07) is 6.20. The van der Waals surface area contributed by atoms with Gasteiger partial charge in [-0.3, -0.25) is 4.98 Å². The third-order valence-electron chi connectivity index (χ3n) is 3.05. The van der Waals surface area contributed by atoms with E-state index in [0.29, 0.717) is 5.92 Å². The van der Waals surface area contributed by atoms with Crippen molar-refractivity contribution in [3.05, 3.63) is 29.6 Å². The van der Waals surface area contributed by atoms with Crippen LogP contribution in [0.2, 0.25) is 0 Å². The Hall–Kier alpha value is -0.890. The van der Waals surface area contributed by atoms with Gasteiger partial charge in [0.1, 0.15) is 0 Å². The third-order valence-corrected chi connectivity index (χ3v) is 3.05. The van der Waals surface area contributed by atoms with Crippen molar-refractivity contribution in [2.75, 3.05) is 0 Å². The van der Waals surface area contributed by atoms with E-state index in [-0.39, 0.29) is 11.5 Å². The van der Waals surface area contributed by atoms with Gasteiger partial charge >= 0.3 is 0 Å². The van der Waals surface area contributed by atoms with Crippen LogP contribution in [0.1, 0.15) is 58.8 Å². The molecule has 0 unspecified atom stereocenters. The van der Waals surface area contributed by atoms with Crippen molar-refractivity contribution in [1.29, 1.82) is 0 Å². The minimum Gasteiger partial charge on any atom is -0.393 e. The Kier molecular flexibility index (Phi) is 5.33. The molecule has 2 heteroatoms. The molecule has 1 heterocycles. The van der Waals surface area contributed by atoms with Gasteiger partial charge in [-0.05, 0) is 37.3 Å². The summed E-state index contributed by atoms with van der Waals surface area (Å²) in [7, 11) is 0. The van der Waals surface area contributed by atoms with Crippen LogP contribution >= 0.6 is 0 Å². The number of pyridine rings is 1. The Bertz CT molecular complexity index is 366. The summed E-state index contributed by atoms with van der Waals surface area (Å²) in [5, 5.41) is 9.88. The van der Waals surface area contributed by atoms with Gasteiger partial charge in [0.2, 0.25) is 0 Å². The Morgan fingerprint density at radius 2 is 1.89 bits per heavy atom. The lowest BCUT2D eigenvalue weighted by Crippen LogP contribution is -2.15. The number of hydrogen-bond donors (Lipinski definition) is 1. The summed E-state index contributed by atoms with van der Waals surface area (Å²) in [5.74, 6) is 0.550. The average Bonchev–Trinajstić information content (AvgIpc) is 2.25. The van der Waals surface area contributed by atoms with E-state index in [1.807, 2.05) is 0 Å². The molecule has 0 aromatic carbocycles. The van der Waals surface area contributed by atoms with E-state index >= 15 is 0 Å². The van der Waals surface area contributed by atoms with E-state index < -0.39 is 0 Å². The maximum atomic E-state index is 9.88. The highest BCUT2D eigenvalue weighted by atomic mass is 16.3. The van der Waals surface area contributed by atoms with Gasteiger partial charge in [-0.25, -0.2) is 0 Å². The first-order chi connectivity index (χ1) is 8.29. The molecule has 0 aliphatic rings. The smallest absolute Gasteiger partial charge is 0.0546 e. The molecular weight excluding hydrogens is 222 g/mol. The maximum absolute atomic E-state index is 9.88. The fourth-order valence-corrected chi connectivity index (χ4v) is 2.01. The molecule has 0 saturated carbocycles. The lowest BCUT2D eigenvalue weighted by Gasteiger charge is -2.18. The monoisotopic (exact) mass is 249 g/mol. The Labute approximate surface area is 111 Å². The lowest BCUT2D eigenvalue weighted by atomic mass is 9.91. The molecule has 1 aromatic heterocycles. The van der Waals surface area contributed by atoms with Crippen LogP contribution in [0, 0.1) is 5.92 Å². The number of aromatic nitrogens is 1. The molecule has 1 atom stereocenters. The third kappa shape index (κ3) is 5.18. The first-order valence-electron chi connectivity index (χ1n) is 6.93. The first kappa shape index (κ1) is 15.2. The fraction of sp³-hybridized carbons (Fsp3) is 0.688. The molecule has 18 heavy (non-hydrogen) atoms. The van der Waals surface area contributed by atoms with Crippen molar-refractivity contribution in [2.24, 2.45) is 5.92 Å². The second-order valence-electron chi connectivity index (χ2n) is 6.59. The fourth-order valence-electron chi connectivity index (χ4n) is 2.01. The zero-order valence-electron chi connectivity index (χ0n) is 12.4. The number of hydrogen-bond acceptors (Lipinski definition) is 2. The molecule has 0 radical (unpaired) electrons. The van der Waals surface area contributed by atoms with Gasteiger partial charge < -0.3 is 5.11 Å². The molecule has 1 rings (SSSR count). The van der Waals surface area contributed by atoms with Crippen LogP contribution in [-0.4, -0.2) is 16.2 Å². The molecule has 1 aromatic rings. The van der Waals surface area contributed by atoms with E-state index in [1.165, 1.54) is 0 Å². The summed E-state index contributed by atoms with van der Waals surface area (Å²) in [4.78, 5) is 4.68. The number of aliphatic hydroxyl groups is 1. The van der Waals surface area contributed by atoms with Crippen LogP contribution in [0.15, 0.2) is 18.2 Å². The summed E-state index contributed by atoms with van der Waals surface area (Å²) < 4.78 is 0. The van der Waals surface area contributed by atoms with E-state index in [0.717, 1.165) is 30.7 Å². The standard InChI is InChI=1S/C16H27NO/c1-12(2)11-14(18)10-9-13-7-6-8-15(17-13)16(3,4)5/h6-8,12,14,18H,9-11H2,1-5H3/t14-/m1/s1. The molecule has 2 nitrogen and oxygen atoms in total. The van der Waals surface area contributed by atoms with E-state index in [9.17, 15) is 5.11 Å². The van der Waals surface area contributed by atoms with E-state index in [2.05, 4.69) is 57.8 Å². The molecule has 0 aliphatic carbocycles. The van der Waals surface area contributed by atoms with Gasteiger partial charge in [-0.15, -0.1) is 0 Å². The summed E-state index contributed by atoms with van der Waals surface area (Å²) in [6.07, 6.45) is 2.33. The predicted octanol–water partition coefficient (Wildman–Crippen LogP) is 3.72. The molecule has 0 spiro atoms. The Morgan fingerprint density at radius 3 is 2.44 bits per heavy atom. The quantitative estimate of drug-likeness (QED) is 0.862. The topological polar surface area (TPSA) is 33.1 Å². The second-order valence-corrected chi connectivity index (χ2v) is 6.59. The van der Waals surface area contributed by atoms with E-state index in [4.69, 9.17) is 0 Å². The van der Waals surface area contributed by atoms with Crippen molar-refractivity contribution in [1.82, 2.24) is 4.98 Å². The molecule has 102 valence electrons. The molecule has 0 fully saturated rings. The predicted molar refractivity (Wildman–Crippen MR) is 76.7 cm³/mol. The second kappa shape index (κ2) is 6.33. The molecule has 0 amide bonds. The average molecular weight is 249 g/mol. The molecule has 1 N–H and O–H groups in total. The minimum absolute atomic E-state index is 0.0898. The highest BCUT2D eigenvalue weighted by Gasteiger charge is 2.15. The normalized spacial score (nSPS) is 13.9. The van der Waals surface area contributed by atoms with Crippen molar-refractivity contribution >= 4 is 0 Å². The zero-order chi connectivity index (χ0) is 13.8. The number of nitrogens with zero attached hydrogens (tertiary/aromatic N) is 1. The summed E-state index contributed by atoms with van der Waals surface area (Å²) >= 11 is 0. The lowest BCUT2D eigenvalue weighted by molar-refractivity contribution is 0.139. The highest BCUT2D eigenvalue weighted by molar-refractivity contribution is 5.17. The molecule has 0 saturated heterocycles. The number of rotatable bonds is 5. The summed E-state index contributed by atoms with van der Waals surface area (Å²) in [6.45, 7) is 10.8. The SMILES string of the molecule is CC(C)C[C@H](O)CCc1cccc(C(C)(C)C)n1. The van der Waals surface area contributed by atoms with Gasteiger partial charge in [-0.1, -0.05) is 40.7 Å².